The van der Waals surface area contributed by atoms with Crippen LogP contribution in [0.15, 0.2) is 30.3 Å². The van der Waals surface area contributed by atoms with Crippen LogP contribution in [0.25, 0.3) is 0 Å². The van der Waals surface area contributed by atoms with Gasteiger partial charge in [0.05, 0.1) is 41.8 Å². The third-order valence-corrected chi connectivity index (χ3v) is 5.98. The number of likely N-dealkylation sites (N-methyl/N-ethyl adjacent to an activating group) is 1. The summed E-state index contributed by atoms with van der Waals surface area (Å²) in [6.45, 7) is 7.79. The Morgan fingerprint density at radius 1 is 1.14 bits per heavy atom. The molecule has 0 bridgehead atoms. The lowest BCUT2D eigenvalue weighted by Gasteiger charge is -2.33. The number of anilines is 2. The quantitative estimate of drug-likeness (QED) is 0.466. The van der Waals surface area contributed by atoms with E-state index in [0.717, 1.165) is 6.07 Å². The minimum absolute atomic E-state index is 0.0564. The van der Waals surface area contributed by atoms with E-state index < -0.39 is 41.1 Å². The van der Waals surface area contributed by atoms with E-state index in [1.807, 2.05) is 32.8 Å². The molecule has 0 saturated carbocycles. The van der Waals surface area contributed by atoms with Crippen molar-refractivity contribution in [2.24, 2.45) is 0 Å². The summed E-state index contributed by atoms with van der Waals surface area (Å²) in [5.41, 5.74) is -0.589. The van der Waals surface area contributed by atoms with Crippen molar-refractivity contribution in [1.29, 1.82) is 0 Å². The molecule has 1 aliphatic rings. The molecule has 36 heavy (non-hydrogen) atoms. The number of halogens is 4. The molecular weight excluding hydrogens is 476 g/mol. The Morgan fingerprint density at radius 3 is 2.39 bits per heavy atom. The van der Waals surface area contributed by atoms with Gasteiger partial charge in [0, 0.05) is 30.7 Å². The van der Waals surface area contributed by atoms with Gasteiger partial charge in [0.15, 0.2) is 0 Å². The molecule has 1 fully saturated rings. The number of benzene rings is 2. The molecule has 0 spiro atoms. The van der Waals surface area contributed by atoms with E-state index in [2.05, 4.69) is 10.6 Å². The Balaban J connectivity index is 1.97. The highest BCUT2D eigenvalue weighted by atomic mass is 19.3. The standard InChI is InChI=1S/C26H34F4N4O2/c1-16(17-7-6-8-18(23(17)28)24(29)30)31-25(35)19-13-22(34-9-11-36-12-10-34)20(27)14-21(19)32-26(2,3)15-33(4)5/h6-8,13-14,16,24,32H,9-12,15H2,1-5H3,(H,31,35)/t16-/m1/s1. The molecule has 2 aromatic rings. The molecule has 1 heterocycles. The average molecular weight is 511 g/mol. The molecule has 3 rings (SSSR count). The second-order valence-corrected chi connectivity index (χ2v) is 9.94. The van der Waals surface area contributed by atoms with Crippen molar-refractivity contribution in [2.75, 3.05) is 57.2 Å². The highest BCUT2D eigenvalue weighted by Crippen LogP contribution is 2.31. The first kappa shape index (κ1) is 27.7. The molecule has 1 atom stereocenters. The molecule has 6 nitrogen and oxygen atoms in total. The number of carbonyl (C=O) groups excluding carboxylic acids is 1. The first-order chi connectivity index (χ1) is 16.9. The molecule has 1 aliphatic heterocycles. The second-order valence-electron chi connectivity index (χ2n) is 9.94. The lowest BCUT2D eigenvalue weighted by Crippen LogP contribution is -2.42. The van der Waals surface area contributed by atoms with Crippen molar-refractivity contribution in [2.45, 2.75) is 38.8 Å². The normalized spacial score (nSPS) is 15.4. The Kier molecular flexibility index (Phi) is 8.84. The fourth-order valence-electron chi connectivity index (χ4n) is 4.52. The number of nitrogens with zero attached hydrogens (tertiary/aromatic N) is 2. The number of morpholine rings is 1. The predicted molar refractivity (Wildman–Crippen MR) is 133 cm³/mol. The molecule has 1 saturated heterocycles. The Morgan fingerprint density at radius 2 is 1.78 bits per heavy atom. The molecule has 2 N–H and O–H groups in total. The number of ether oxygens (including phenoxy) is 1. The molecule has 1 amide bonds. The molecule has 0 unspecified atom stereocenters. The Bertz CT molecular complexity index is 1070. The van der Waals surface area contributed by atoms with Crippen molar-refractivity contribution < 1.29 is 27.1 Å². The molecule has 0 aliphatic carbocycles. The zero-order valence-corrected chi connectivity index (χ0v) is 21.3. The Hall–Kier alpha value is -2.85. The predicted octanol–water partition coefficient (Wildman–Crippen LogP) is 4.98. The fraction of sp³-hybridized carbons (Fsp3) is 0.500. The van der Waals surface area contributed by atoms with Crippen molar-refractivity contribution >= 4 is 17.3 Å². The van der Waals surface area contributed by atoms with Crippen LogP contribution in [0, 0.1) is 11.6 Å². The van der Waals surface area contributed by atoms with E-state index in [1.165, 1.54) is 31.2 Å². The van der Waals surface area contributed by atoms with Crippen LogP contribution in [-0.2, 0) is 4.74 Å². The van der Waals surface area contributed by atoms with Crippen LogP contribution >= 0.6 is 0 Å². The molecular formula is C26H34F4N4O2. The van der Waals surface area contributed by atoms with E-state index in [-0.39, 0.29) is 22.5 Å². The van der Waals surface area contributed by atoms with Gasteiger partial charge in [-0.1, -0.05) is 18.2 Å². The SMILES string of the molecule is C[C@@H](NC(=O)c1cc(N2CCOCC2)c(F)cc1NC(C)(C)CN(C)C)c1cccc(C(F)F)c1F. The van der Waals surface area contributed by atoms with Crippen LogP contribution < -0.4 is 15.5 Å². The Labute approximate surface area is 209 Å². The van der Waals surface area contributed by atoms with Gasteiger partial charge in [0.25, 0.3) is 12.3 Å². The van der Waals surface area contributed by atoms with Gasteiger partial charge >= 0.3 is 0 Å². The lowest BCUT2D eigenvalue weighted by molar-refractivity contribution is 0.0940. The molecule has 198 valence electrons. The van der Waals surface area contributed by atoms with Crippen LogP contribution in [0.1, 0.15) is 54.7 Å². The summed E-state index contributed by atoms with van der Waals surface area (Å²) in [5.74, 6) is -2.12. The summed E-state index contributed by atoms with van der Waals surface area (Å²) in [6.07, 6.45) is -2.98. The van der Waals surface area contributed by atoms with Gasteiger partial charge < -0.3 is 25.2 Å². The molecule has 10 heteroatoms. The smallest absolute Gasteiger partial charge is 0.266 e. The number of hydrogen-bond acceptors (Lipinski definition) is 5. The summed E-state index contributed by atoms with van der Waals surface area (Å²) in [7, 11) is 3.81. The van der Waals surface area contributed by atoms with Crippen LogP contribution in [-0.4, -0.2) is 63.3 Å². The minimum atomic E-state index is -2.98. The highest BCUT2D eigenvalue weighted by molar-refractivity contribution is 6.01. The van der Waals surface area contributed by atoms with E-state index in [1.54, 1.807) is 4.90 Å². The number of hydrogen-bond donors (Lipinski definition) is 2. The maximum atomic E-state index is 15.2. The van der Waals surface area contributed by atoms with E-state index in [9.17, 15) is 18.0 Å². The van der Waals surface area contributed by atoms with Crippen LogP contribution in [0.5, 0.6) is 0 Å². The summed E-state index contributed by atoms with van der Waals surface area (Å²) in [4.78, 5) is 17.2. The highest BCUT2D eigenvalue weighted by Gasteiger charge is 2.27. The number of nitrogens with one attached hydrogen (secondary N) is 2. The van der Waals surface area contributed by atoms with Gasteiger partial charge in [-0.05, 0) is 47.0 Å². The van der Waals surface area contributed by atoms with Crippen LogP contribution in [0.2, 0.25) is 0 Å². The third kappa shape index (κ3) is 6.67. The van der Waals surface area contributed by atoms with Crippen molar-refractivity contribution in [3.05, 3.63) is 58.7 Å². The summed E-state index contributed by atoms with van der Waals surface area (Å²) in [5, 5.41) is 5.96. The van der Waals surface area contributed by atoms with Crippen molar-refractivity contribution in [3.63, 3.8) is 0 Å². The van der Waals surface area contributed by atoms with Gasteiger partial charge in [0.1, 0.15) is 11.6 Å². The zero-order valence-electron chi connectivity index (χ0n) is 21.3. The van der Waals surface area contributed by atoms with E-state index in [0.29, 0.717) is 32.8 Å². The number of rotatable bonds is 9. The largest absolute Gasteiger partial charge is 0.378 e. The molecule has 0 aromatic heterocycles. The van der Waals surface area contributed by atoms with Gasteiger partial charge in [-0.2, -0.15) is 0 Å². The maximum absolute atomic E-state index is 15.2. The molecule has 2 aromatic carbocycles. The maximum Gasteiger partial charge on any atom is 0.266 e. The number of carbonyl (C=O) groups is 1. The second kappa shape index (κ2) is 11.5. The van der Waals surface area contributed by atoms with Gasteiger partial charge in [0.2, 0.25) is 0 Å². The first-order valence-electron chi connectivity index (χ1n) is 11.9. The topological polar surface area (TPSA) is 56.8 Å². The summed E-state index contributed by atoms with van der Waals surface area (Å²) < 4.78 is 61.6. The van der Waals surface area contributed by atoms with Crippen LogP contribution in [0.4, 0.5) is 28.9 Å². The third-order valence-electron chi connectivity index (χ3n) is 5.98. The lowest BCUT2D eigenvalue weighted by atomic mass is 10.0. The van der Waals surface area contributed by atoms with Gasteiger partial charge in [-0.15, -0.1) is 0 Å². The minimum Gasteiger partial charge on any atom is -0.378 e. The monoisotopic (exact) mass is 510 g/mol. The van der Waals surface area contributed by atoms with E-state index in [4.69, 9.17) is 4.74 Å². The zero-order chi connectivity index (χ0) is 26.6. The number of amides is 1. The average Bonchev–Trinajstić information content (AvgIpc) is 2.78. The van der Waals surface area contributed by atoms with Gasteiger partial charge in [-0.25, -0.2) is 17.6 Å². The summed E-state index contributed by atoms with van der Waals surface area (Å²) >= 11 is 0. The van der Waals surface area contributed by atoms with Gasteiger partial charge in [-0.3, -0.25) is 4.79 Å². The molecule has 0 radical (unpaired) electrons. The van der Waals surface area contributed by atoms with Crippen LogP contribution in [0.3, 0.4) is 0 Å². The number of alkyl halides is 2. The van der Waals surface area contributed by atoms with Crippen molar-refractivity contribution in [1.82, 2.24) is 10.2 Å². The van der Waals surface area contributed by atoms with Crippen molar-refractivity contribution in [3.8, 4) is 0 Å². The summed E-state index contributed by atoms with van der Waals surface area (Å²) in [6, 6.07) is 5.56. The first-order valence-corrected chi connectivity index (χ1v) is 11.9. The van der Waals surface area contributed by atoms with E-state index >= 15 is 4.39 Å². The fourth-order valence-corrected chi connectivity index (χ4v) is 4.52.